The van der Waals surface area contributed by atoms with E-state index in [2.05, 4.69) is 59.5 Å². The van der Waals surface area contributed by atoms with Gasteiger partial charge in [0.2, 0.25) is 0 Å². The van der Waals surface area contributed by atoms with Crippen LogP contribution in [0.4, 0.5) is 0 Å². The lowest BCUT2D eigenvalue weighted by atomic mass is 10.2. The molecule has 82 valence electrons. The summed E-state index contributed by atoms with van der Waals surface area (Å²) < 4.78 is 1.38. The quantitative estimate of drug-likeness (QED) is 0.436. The molecule has 0 aromatic carbocycles. The van der Waals surface area contributed by atoms with Crippen molar-refractivity contribution in [1.29, 1.82) is 0 Å². The molecule has 1 heterocycles. The van der Waals surface area contributed by atoms with Gasteiger partial charge in [-0.2, -0.15) is 0 Å². The molecule has 1 aliphatic heterocycles. The van der Waals surface area contributed by atoms with Gasteiger partial charge in [-0.05, 0) is 35.9 Å². The smallest absolute Gasteiger partial charge is 0.0984 e. The first-order chi connectivity index (χ1) is 6.66. The second kappa shape index (κ2) is 5.83. The number of nitrogens with zero attached hydrogens (tertiary/aromatic N) is 2. The van der Waals surface area contributed by atoms with Crippen molar-refractivity contribution in [3.8, 4) is 0 Å². The summed E-state index contributed by atoms with van der Waals surface area (Å²) in [6.07, 6.45) is 8.16. The topological polar surface area (TPSA) is 6.48 Å². The molecule has 0 N–H and O–H groups in total. The van der Waals surface area contributed by atoms with Crippen LogP contribution in [-0.4, -0.2) is 29.6 Å². The molecule has 3 heteroatoms. The fraction of sp³-hybridized carbons (Fsp3) is 0.818. The van der Waals surface area contributed by atoms with Crippen LogP contribution in [0.3, 0.4) is 0 Å². The zero-order valence-electron chi connectivity index (χ0n) is 9.46. The minimum Gasteiger partial charge on any atom is -0.358 e. The number of unbranched alkanes of at least 4 members (excludes halogenated alkanes) is 3. The fourth-order valence-corrected chi connectivity index (χ4v) is 2.83. The zero-order valence-corrected chi connectivity index (χ0v) is 11.6. The maximum Gasteiger partial charge on any atom is 0.0984 e. The van der Waals surface area contributed by atoms with Gasteiger partial charge in [0.05, 0.1) is 9.87 Å². The third kappa shape index (κ3) is 3.04. The summed E-state index contributed by atoms with van der Waals surface area (Å²) in [5.74, 6) is 0. The van der Waals surface area contributed by atoms with Crippen molar-refractivity contribution in [1.82, 2.24) is 9.80 Å². The van der Waals surface area contributed by atoms with Gasteiger partial charge < -0.3 is 9.80 Å². The molecule has 2 nitrogen and oxygen atoms in total. The van der Waals surface area contributed by atoms with Crippen LogP contribution < -0.4 is 0 Å². The lowest BCUT2D eigenvalue weighted by Gasteiger charge is -2.28. The first-order valence-electron chi connectivity index (χ1n) is 5.52. The third-order valence-electron chi connectivity index (χ3n) is 2.88. The molecule has 0 saturated carbocycles. The van der Waals surface area contributed by atoms with Gasteiger partial charge in [0.25, 0.3) is 0 Å². The van der Waals surface area contributed by atoms with Gasteiger partial charge in [-0.25, -0.2) is 0 Å². The van der Waals surface area contributed by atoms with Gasteiger partial charge in [-0.3, -0.25) is 0 Å². The summed E-state index contributed by atoms with van der Waals surface area (Å²) in [4.78, 5) is 4.76. The molecule has 0 aromatic heterocycles. The maximum absolute atomic E-state index is 2.48. The van der Waals surface area contributed by atoms with Crippen LogP contribution in [0, 0.1) is 0 Å². The van der Waals surface area contributed by atoms with Crippen molar-refractivity contribution in [2.45, 2.75) is 45.7 Å². The van der Waals surface area contributed by atoms with Crippen LogP contribution in [0.2, 0.25) is 0 Å². The highest BCUT2D eigenvalue weighted by molar-refractivity contribution is 14.1. The molecular weight excluding hydrogens is 287 g/mol. The standard InChI is InChI=1S/C11H21IN2/c1-4-5-6-7-8-14-10(2)13(3)9-11(14)12/h9-10H,4-8H2,1-3H3. The van der Waals surface area contributed by atoms with E-state index in [0.717, 1.165) is 0 Å². The fourth-order valence-electron chi connectivity index (χ4n) is 1.75. The number of rotatable bonds is 5. The van der Waals surface area contributed by atoms with Crippen LogP contribution in [0.15, 0.2) is 9.90 Å². The highest BCUT2D eigenvalue weighted by atomic mass is 127. The number of hydrogen-bond donors (Lipinski definition) is 0. The average Bonchev–Trinajstić information content (AvgIpc) is 2.38. The largest absolute Gasteiger partial charge is 0.358 e. The van der Waals surface area contributed by atoms with Crippen molar-refractivity contribution in [3.63, 3.8) is 0 Å². The van der Waals surface area contributed by atoms with E-state index >= 15 is 0 Å². The third-order valence-corrected chi connectivity index (χ3v) is 3.78. The Labute approximate surface area is 101 Å². The van der Waals surface area contributed by atoms with Gasteiger partial charge in [-0.15, -0.1) is 0 Å². The molecule has 1 atom stereocenters. The summed E-state index contributed by atoms with van der Waals surface area (Å²) >= 11 is 2.43. The Morgan fingerprint density at radius 2 is 2.07 bits per heavy atom. The summed E-state index contributed by atoms with van der Waals surface area (Å²) in [6, 6.07) is 0. The maximum atomic E-state index is 2.48. The predicted molar refractivity (Wildman–Crippen MR) is 70.2 cm³/mol. The van der Waals surface area contributed by atoms with Crippen LogP contribution in [0.1, 0.15) is 39.5 Å². The van der Waals surface area contributed by atoms with Crippen LogP contribution in [0.5, 0.6) is 0 Å². The van der Waals surface area contributed by atoms with Crippen molar-refractivity contribution < 1.29 is 0 Å². The highest BCUT2D eigenvalue weighted by Crippen LogP contribution is 2.26. The number of halogens is 1. The van der Waals surface area contributed by atoms with Gasteiger partial charge in [0.1, 0.15) is 0 Å². The van der Waals surface area contributed by atoms with Crippen molar-refractivity contribution >= 4 is 22.6 Å². The normalized spacial score (nSPS) is 21.7. The molecule has 0 saturated heterocycles. The molecule has 0 fully saturated rings. The lowest BCUT2D eigenvalue weighted by Crippen LogP contribution is -2.35. The molecule has 0 amide bonds. The van der Waals surface area contributed by atoms with E-state index in [9.17, 15) is 0 Å². The summed E-state index contributed by atoms with van der Waals surface area (Å²) in [7, 11) is 2.15. The molecule has 0 radical (unpaired) electrons. The van der Waals surface area contributed by atoms with Gasteiger partial charge in [-0.1, -0.05) is 26.2 Å². The summed E-state index contributed by atoms with van der Waals surface area (Å²) in [5.41, 5.74) is 0. The van der Waals surface area contributed by atoms with E-state index in [1.165, 1.54) is 35.9 Å². The predicted octanol–water partition coefficient (Wildman–Crippen LogP) is 3.39. The SMILES string of the molecule is CCCCCCN1C(I)=CN(C)C1C. The Morgan fingerprint density at radius 3 is 2.57 bits per heavy atom. The zero-order chi connectivity index (χ0) is 10.6. The van der Waals surface area contributed by atoms with Crippen molar-refractivity contribution in [3.05, 3.63) is 9.90 Å². The Hall–Kier alpha value is 0.0700. The van der Waals surface area contributed by atoms with E-state index in [4.69, 9.17) is 0 Å². The van der Waals surface area contributed by atoms with Crippen LogP contribution in [0.25, 0.3) is 0 Å². The van der Waals surface area contributed by atoms with Gasteiger partial charge in [0, 0.05) is 19.8 Å². The molecule has 1 rings (SSSR count). The van der Waals surface area contributed by atoms with E-state index in [0.29, 0.717) is 6.17 Å². The first kappa shape index (κ1) is 12.1. The van der Waals surface area contributed by atoms with E-state index in [1.54, 1.807) is 0 Å². The summed E-state index contributed by atoms with van der Waals surface area (Å²) in [5, 5.41) is 0. The Kier molecular flexibility index (Phi) is 5.06. The van der Waals surface area contributed by atoms with Gasteiger partial charge >= 0.3 is 0 Å². The summed E-state index contributed by atoms with van der Waals surface area (Å²) in [6.45, 7) is 5.73. The van der Waals surface area contributed by atoms with Crippen LogP contribution >= 0.6 is 22.6 Å². The van der Waals surface area contributed by atoms with Crippen molar-refractivity contribution in [2.75, 3.05) is 13.6 Å². The van der Waals surface area contributed by atoms with E-state index in [1.807, 2.05) is 0 Å². The second-order valence-electron chi connectivity index (χ2n) is 4.00. The average molecular weight is 308 g/mol. The monoisotopic (exact) mass is 308 g/mol. The van der Waals surface area contributed by atoms with Gasteiger partial charge in [0.15, 0.2) is 0 Å². The molecule has 0 bridgehead atoms. The Bertz CT molecular complexity index is 203. The number of hydrogen-bond acceptors (Lipinski definition) is 2. The minimum atomic E-state index is 0.545. The highest BCUT2D eigenvalue weighted by Gasteiger charge is 2.23. The molecule has 1 unspecified atom stereocenters. The minimum absolute atomic E-state index is 0.545. The molecule has 0 aliphatic carbocycles. The van der Waals surface area contributed by atoms with Crippen LogP contribution in [-0.2, 0) is 0 Å². The first-order valence-corrected chi connectivity index (χ1v) is 6.60. The molecule has 1 aliphatic rings. The van der Waals surface area contributed by atoms with E-state index < -0.39 is 0 Å². The molecule has 0 aromatic rings. The Morgan fingerprint density at radius 1 is 1.36 bits per heavy atom. The second-order valence-corrected chi connectivity index (χ2v) is 5.11. The lowest BCUT2D eigenvalue weighted by molar-refractivity contribution is 0.191. The van der Waals surface area contributed by atoms with E-state index in [-0.39, 0.29) is 0 Å². The molecule has 14 heavy (non-hydrogen) atoms. The van der Waals surface area contributed by atoms with Crippen molar-refractivity contribution in [2.24, 2.45) is 0 Å². The Balaban J connectivity index is 2.27. The molecule has 0 spiro atoms. The molecular formula is C11H21IN2.